The van der Waals surface area contributed by atoms with E-state index < -0.39 is 52.9 Å². The number of nitrogens with zero attached hydrogens (tertiary/aromatic N) is 2. The van der Waals surface area contributed by atoms with E-state index in [0.717, 1.165) is 12.8 Å². The molecule has 1 spiro atoms. The summed E-state index contributed by atoms with van der Waals surface area (Å²) in [5.41, 5.74) is -0.332. The summed E-state index contributed by atoms with van der Waals surface area (Å²) in [7, 11) is 0. The van der Waals surface area contributed by atoms with E-state index in [1.165, 1.54) is 4.90 Å². The van der Waals surface area contributed by atoms with Crippen molar-refractivity contribution in [2.75, 3.05) is 11.9 Å². The number of benzene rings is 1. The van der Waals surface area contributed by atoms with E-state index in [2.05, 4.69) is 16.7 Å². The molecule has 39 heavy (non-hydrogen) atoms. The minimum absolute atomic E-state index is 0.00779. The van der Waals surface area contributed by atoms with Crippen LogP contribution >= 0.6 is 0 Å². The molecule has 1 aromatic rings. The Morgan fingerprint density at radius 2 is 1.82 bits per heavy atom. The van der Waals surface area contributed by atoms with Gasteiger partial charge >= 0.3 is 12.1 Å². The molecule has 12 heteroatoms. The highest BCUT2D eigenvalue weighted by Gasteiger charge is 2.56. The van der Waals surface area contributed by atoms with Gasteiger partial charge in [0.2, 0.25) is 17.7 Å². The molecular formula is C27H32F3N5O4. The Morgan fingerprint density at radius 3 is 2.41 bits per heavy atom. The van der Waals surface area contributed by atoms with Gasteiger partial charge in [-0.15, -0.1) is 0 Å². The second kappa shape index (κ2) is 10.2. The Kier molecular flexibility index (Phi) is 7.40. The number of fused-ring (bicyclic) bond motifs is 2. The van der Waals surface area contributed by atoms with Crippen molar-refractivity contribution in [1.29, 1.82) is 5.26 Å². The van der Waals surface area contributed by atoms with Gasteiger partial charge in [-0.05, 0) is 35.8 Å². The van der Waals surface area contributed by atoms with Gasteiger partial charge in [0.1, 0.15) is 18.1 Å². The molecule has 3 aliphatic rings. The number of rotatable bonds is 7. The van der Waals surface area contributed by atoms with Crippen molar-refractivity contribution in [3.05, 3.63) is 29.8 Å². The summed E-state index contributed by atoms with van der Waals surface area (Å²) in [6.45, 7) is 5.42. The Morgan fingerprint density at radius 1 is 1.15 bits per heavy atom. The molecule has 1 saturated carbocycles. The van der Waals surface area contributed by atoms with Crippen molar-refractivity contribution >= 4 is 29.3 Å². The van der Waals surface area contributed by atoms with E-state index in [0.29, 0.717) is 11.3 Å². The number of anilines is 1. The summed E-state index contributed by atoms with van der Waals surface area (Å²) in [6, 6.07) is 5.54. The topological polar surface area (TPSA) is 131 Å². The number of carbonyl (C=O) groups excluding carboxylic acids is 4. The number of hydrogen-bond donors (Lipinski definition) is 3. The van der Waals surface area contributed by atoms with E-state index in [-0.39, 0.29) is 37.6 Å². The fourth-order valence-electron chi connectivity index (χ4n) is 5.43. The van der Waals surface area contributed by atoms with Gasteiger partial charge in [0.15, 0.2) is 0 Å². The fraction of sp³-hybridized carbons (Fsp3) is 0.593. The molecule has 0 unspecified atom stereocenters. The van der Waals surface area contributed by atoms with Gasteiger partial charge in [0.25, 0.3) is 0 Å². The van der Waals surface area contributed by atoms with E-state index in [4.69, 9.17) is 0 Å². The van der Waals surface area contributed by atoms with Crippen LogP contribution in [-0.2, 0) is 24.6 Å². The molecule has 4 atom stereocenters. The molecule has 0 bridgehead atoms. The highest BCUT2D eigenvalue weighted by Crippen LogP contribution is 2.46. The summed E-state index contributed by atoms with van der Waals surface area (Å²) in [6.07, 6.45) is -3.48. The zero-order valence-corrected chi connectivity index (χ0v) is 22.0. The second-order valence-corrected chi connectivity index (χ2v) is 11.9. The largest absolute Gasteiger partial charge is 0.471 e. The van der Waals surface area contributed by atoms with Gasteiger partial charge in [-0.3, -0.25) is 19.2 Å². The van der Waals surface area contributed by atoms with Crippen LogP contribution in [-0.4, -0.2) is 59.4 Å². The van der Waals surface area contributed by atoms with Crippen LogP contribution in [0, 0.1) is 22.7 Å². The SMILES string of the molecule is CC(C)(C)C[C@H](NC(=O)[C@H](CC1CC1)NC(=O)C(F)(F)F)C(=O)N1C[C@]2(C[C@H]1C#N)C(=O)Nc1ccccc12. The lowest BCUT2D eigenvalue weighted by Gasteiger charge is -2.32. The third-order valence-corrected chi connectivity index (χ3v) is 7.49. The van der Waals surface area contributed by atoms with Crippen LogP contribution in [0.5, 0.6) is 0 Å². The fourth-order valence-corrected chi connectivity index (χ4v) is 5.43. The van der Waals surface area contributed by atoms with Crippen LogP contribution in [0.25, 0.3) is 0 Å². The maximum absolute atomic E-state index is 13.9. The van der Waals surface area contributed by atoms with Crippen molar-refractivity contribution < 1.29 is 32.3 Å². The quantitative estimate of drug-likeness (QED) is 0.483. The number of carbonyl (C=O) groups is 4. The Hall–Kier alpha value is -3.62. The van der Waals surface area contributed by atoms with Gasteiger partial charge in [0, 0.05) is 18.7 Å². The van der Waals surface area contributed by atoms with Crippen molar-refractivity contribution in [2.24, 2.45) is 11.3 Å². The molecule has 2 fully saturated rings. The van der Waals surface area contributed by atoms with Crippen molar-refractivity contribution in [3.63, 3.8) is 0 Å². The van der Waals surface area contributed by atoms with Crippen LogP contribution in [0.4, 0.5) is 18.9 Å². The number of nitriles is 1. The minimum atomic E-state index is -5.16. The van der Waals surface area contributed by atoms with Crippen LogP contribution < -0.4 is 16.0 Å². The molecule has 2 aliphatic heterocycles. The average Bonchev–Trinajstić information content (AvgIpc) is 3.51. The molecule has 210 valence electrons. The summed E-state index contributed by atoms with van der Waals surface area (Å²) in [5, 5.41) is 17.1. The van der Waals surface area contributed by atoms with Crippen molar-refractivity contribution in [3.8, 4) is 6.07 Å². The molecule has 3 N–H and O–H groups in total. The van der Waals surface area contributed by atoms with Gasteiger partial charge in [-0.2, -0.15) is 18.4 Å². The summed E-state index contributed by atoms with van der Waals surface area (Å²) in [5.74, 6) is -4.04. The highest BCUT2D eigenvalue weighted by atomic mass is 19.4. The zero-order valence-electron chi connectivity index (χ0n) is 22.0. The standard InChI is InChI=1S/C27H32F3N5O4/c1-25(2,3)12-20(32-21(36)19(10-15-8-9-15)34-24(39)27(28,29)30)22(37)35-14-26(11-16(35)13-31)17-6-4-5-7-18(17)33-23(26)38/h4-7,15-16,19-20H,8-12,14H2,1-3H3,(H,32,36)(H,33,38)(H,34,39)/t16-,19-,20-,26-/m0/s1. The maximum atomic E-state index is 13.9. The molecule has 2 heterocycles. The van der Waals surface area contributed by atoms with Crippen LogP contribution in [0.3, 0.4) is 0 Å². The number of likely N-dealkylation sites (tertiary alicyclic amines) is 1. The molecule has 1 aromatic carbocycles. The number of para-hydroxylation sites is 1. The molecule has 4 amide bonds. The van der Waals surface area contributed by atoms with E-state index in [1.54, 1.807) is 29.6 Å². The first-order valence-corrected chi connectivity index (χ1v) is 12.9. The molecule has 9 nitrogen and oxygen atoms in total. The van der Waals surface area contributed by atoms with Crippen LogP contribution in [0.2, 0.25) is 0 Å². The van der Waals surface area contributed by atoms with E-state index in [1.807, 2.05) is 20.8 Å². The zero-order chi connectivity index (χ0) is 28.8. The predicted octanol–water partition coefficient (Wildman–Crippen LogP) is 2.77. The van der Waals surface area contributed by atoms with Crippen LogP contribution in [0.1, 0.15) is 58.4 Å². The smallest absolute Gasteiger partial charge is 0.342 e. The molecule has 1 saturated heterocycles. The molecular weight excluding hydrogens is 515 g/mol. The monoisotopic (exact) mass is 547 g/mol. The molecule has 1 aliphatic carbocycles. The van der Waals surface area contributed by atoms with E-state index >= 15 is 0 Å². The Bertz CT molecular complexity index is 1220. The second-order valence-electron chi connectivity index (χ2n) is 11.9. The lowest BCUT2D eigenvalue weighted by molar-refractivity contribution is -0.174. The van der Waals surface area contributed by atoms with Crippen LogP contribution in [0.15, 0.2) is 24.3 Å². The summed E-state index contributed by atoms with van der Waals surface area (Å²) in [4.78, 5) is 53.1. The normalized spacial score (nSPS) is 24.0. The van der Waals surface area contributed by atoms with Crippen molar-refractivity contribution in [1.82, 2.24) is 15.5 Å². The third-order valence-electron chi connectivity index (χ3n) is 7.49. The molecule has 0 radical (unpaired) electrons. The number of halogens is 3. The third kappa shape index (κ3) is 6.02. The van der Waals surface area contributed by atoms with Gasteiger partial charge in [-0.25, -0.2) is 0 Å². The lowest BCUT2D eigenvalue weighted by atomic mass is 9.80. The average molecular weight is 548 g/mol. The lowest BCUT2D eigenvalue weighted by Crippen LogP contribution is -2.57. The number of hydrogen-bond acceptors (Lipinski definition) is 5. The first-order valence-electron chi connectivity index (χ1n) is 12.9. The highest BCUT2D eigenvalue weighted by molar-refractivity contribution is 6.07. The van der Waals surface area contributed by atoms with Gasteiger partial charge < -0.3 is 20.9 Å². The Balaban J connectivity index is 1.58. The number of alkyl halides is 3. The maximum Gasteiger partial charge on any atom is 0.471 e. The molecule has 4 rings (SSSR count). The van der Waals surface area contributed by atoms with E-state index in [9.17, 15) is 37.6 Å². The van der Waals surface area contributed by atoms with Gasteiger partial charge in [0.05, 0.1) is 11.5 Å². The molecule has 0 aromatic heterocycles. The minimum Gasteiger partial charge on any atom is -0.342 e. The Labute approximate surface area is 224 Å². The number of nitrogens with one attached hydrogen (secondary N) is 3. The van der Waals surface area contributed by atoms with Crippen molar-refractivity contribution in [2.45, 2.75) is 82.6 Å². The van der Waals surface area contributed by atoms with Gasteiger partial charge in [-0.1, -0.05) is 51.8 Å². The number of amides is 4. The summed E-state index contributed by atoms with van der Waals surface area (Å²) < 4.78 is 38.8. The first-order chi connectivity index (χ1) is 18.1. The summed E-state index contributed by atoms with van der Waals surface area (Å²) >= 11 is 0. The first kappa shape index (κ1) is 28.4. The predicted molar refractivity (Wildman–Crippen MR) is 134 cm³/mol.